The number of rotatable bonds is 2. The molecular weight excluding hydrogens is 265 g/mol. The Morgan fingerprint density at radius 3 is 2.95 bits per heavy atom. The van der Waals surface area contributed by atoms with Crippen molar-refractivity contribution in [1.29, 1.82) is 0 Å². The Bertz CT molecular complexity index is 803. The fraction of sp³-hybridized carbons (Fsp3) is 0. The van der Waals surface area contributed by atoms with Crippen LogP contribution in [0.25, 0.3) is 10.2 Å². The summed E-state index contributed by atoms with van der Waals surface area (Å²) >= 11 is 1.25. The van der Waals surface area contributed by atoms with E-state index < -0.39 is 0 Å². The molecule has 0 atom stereocenters. The predicted molar refractivity (Wildman–Crippen MR) is 73.4 cm³/mol. The van der Waals surface area contributed by atoms with E-state index in [1.54, 1.807) is 30.5 Å². The molecule has 0 radical (unpaired) electrons. The van der Waals surface area contributed by atoms with Gasteiger partial charge in [-0.2, -0.15) is 4.98 Å². The lowest BCUT2D eigenvalue weighted by Gasteiger charge is -2.04. The first-order valence-corrected chi connectivity index (χ1v) is 6.32. The maximum atomic E-state index is 13.1. The molecule has 19 heavy (non-hydrogen) atoms. The lowest BCUT2D eigenvalue weighted by molar-refractivity contribution is 0.628. The maximum Gasteiger partial charge on any atom is 0.282 e. The number of benzene rings is 1. The van der Waals surface area contributed by atoms with Gasteiger partial charge < -0.3 is 5.32 Å². The number of hydrogen-bond acceptors (Lipinski definition) is 5. The van der Waals surface area contributed by atoms with Gasteiger partial charge in [0.15, 0.2) is 5.13 Å². The van der Waals surface area contributed by atoms with Crippen LogP contribution in [0, 0.1) is 5.82 Å². The van der Waals surface area contributed by atoms with Gasteiger partial charge >= 0.3 is 0 Å². The lowest BCUT2D eigenvalue weighted by Crippen LogP contribution is -2.07. The molecular formula is C13H8FN3OS. The van der Waals surface area contributed by atoms with Crippen molar-refractivity contribution in [3.8, 4) is 0 Å². The summed E-state index contributed by atoms with van der Waals surface area (Å²) < 4.78 is 13.1. The van der Waals surface area contributed by atoms with Crippen LogP contribution in [0.5, 0.6) is 0 Å². The largest absolute Gasteiger partial charge is 0.331 e. The van der Waals surface area contributed by atoms with Gasteiger partial charge in [-0.15, -0.1) is 0 Å². The van der Waals surface area contributed by atoms with Gasteiger partial charge in [-0.05, 0) is 30.3 Å². The fourth-order valence-corrected chi connectivity index (χ4v) is 2.50. The number of fused-ring (bicyclic) bond motifs is 1. The van der Waals surface area contributed by atoms with E-state index in [9.17, 15) is 9.18 Å². The monoisotopic (exact) mass is 273 g/mol. The summed E-state index contributed by atoms with van der Waals surface area (Å²) in [4.78, 5) is 20.4. The Kier molecular flexibility index (Phi) is 2.92. The Balaban J connectivity index is 2.04. The Morgan fingerprint density at radius 1 is 1.21 bits per heavy atom. The van der Waals surface area contributed by atoms with Gasteiger partial charge in [0.05, 0.1) is 5.39 Å². The van der Waals surface area contributed by atoms with E-state index in [4.69, 9.17) is 0 Å². The van der Waals surface area contributed by atoms with Crippen LogP contribution < -0.4 is 10.9 Å². The minimum atomic E-state index is -0.351. The van der Waals surface area contributed by atoms with Gasteiger partial charge in [0.25, 0.3) is 5.56 Å². The highest BCUT2D eigenvalue weighted by molar-refractivity contribution is 7.21. The van der Waals surface area contributed by atoms with E-state index in [1.165, 1.54) is 23.5 Å². The molecule has 0 aliphatic heterocycles. The Labute approximate surface area is 111 Å². The van der Waals surface area contributed by atoms with Gasteiger partial charge in [0.2, 0.25) is 0 Å². The van der Waals surface area contributed by atoms with Crippen molar-refractivity contribution in [2.24, 2.45) is 0 Å². The van der Waals surface area contributed by atoms with Crippen molar-refractivity contribution in [2.75, 3.05) is 5.32 Å². The zero-order valence-corrected chi connectivity index (χ0v) is 10.4. The summed E-state index contributed by atoms with van der Waals surface area (Å²) in [6.07, 6.45) is 1.62. The van der Waals surface area contributed by atoms with Gasteiger partial charge in [-0.25, -0.2) is 9.37 Å². The van der Waals surface area contributed by atoms with Crippen molar-refractivity contribution in [2.45, 2.75) is 0 Å². The van der Waals surface area contributed by atoms with Crippen LogP contribution in [0.2, 0.25) is 0 Å². The second-order valence-corrected chi connectivity index (χ2v) is 4.79. The smallest absolute Gasteiger partial charge is 0.282 e. The molecule has 0 fully saturated rings. The molecule has 0 spiro atoms. The molecule has 3 aromatic rings. The molecule has 3 rings (SSSR count). The minimum absolute atomic E-state index is 0.347. The summed E-state index contributed by atoms with van der Waals surface area (Å²) in [6.45, 7) is 0. The Morgan fingerprint density at radius 2 is 2.11 bits per heavy atom. The molecule has 2 heterocycles. The summed E-state index contributed by atoms with van der Waals surface area (Å²) in [5.74, 6) is -0.351. The molecule has 0 aliphatic carbocycles. The van der Waals surface area contributed by atoms with Crippen LogP contribution in [0.1, 0.15) is 0 Å². The molecule has 0 unspecified atom stereocenters. The number of nitrogens with one attached hydrogen (secondary N) is 1. The molecule has 2 aromatic heterocycles. The topological polar surface area (TPSA) is 54.9 Å². The third-order valence-corrected chi connectivity index (χ3v) is 3.38. The van der Waals surface area contributed by atoms with Crippen LogP contribution in [0.15, 0.2) is 47.4 Å². The molecule has 94 valence electrons. The highest BCUT2D eigenvalue weighted by Gasteiger charge is 2.05. The quantitative estimate of drug-likeness (QED) is 0.780. The van der Waals surface area contributed by atoms with Crippen LogP contribution in [0.4, 0.5) is 15.2 Å². The second-order valence-electron chi connectivity index (χ2n) is 3.82. The van der Waals surface area contributed by atoms with E-state index in [0.717, 1.165) is 0 Å². The number of pyridine rings is 1. The van der Waals surface area contributed by atoms with Crippen molar-refractivity contribution in [3.63, 3.8) is 0 Å². The lowest BCUT2D eigenvalue weighted by atomic mass is 10.3. The minimum Gasteiger partial charge on any atom is -0.331 e. The second kappa shape index (κ2) is 4.74. The molecule has 6 heteroatoms. The van der Waals surface area contributed by atoms with Crippen molar-refractivity contribution >= 4 is 32.4 Å². The zero-order valence-electron chi connectivity index (χ0n) is 9.63. The average molecular weight is 273 g/mol. The summed E-state index contributed by atoms with van der Waals surface area (Å²) in [5.41, 5.74) is 0.194. The standard InChI is InChI=1S/C13H8FN3OS/c14-8-3-1-4-9(7-8)16-13-17-11(18)10-5-2-6-15-12(10)19-13/h1-7H,(H,16,17,18). The van der Waals surface area contributed by atoms with Crippen LogP contribution >= 0.6 is 11.3 Å². The van der Waals surface area contributed by atoms with Gasteiger partial charge in [-0.1, -0.05) is 17.4 Å². The summed E-state index contributed by atoms with van der Waals surface area (Å²) in [6, 6.07) is 9.34. The number of hydrogen-bond donors (Lipinski definition) is 1. The van der Waals surface area contributed by atoms with Gasteiger partial charge in [0, 0.05) is 11.9 Å². The first-order chi connectivity index (χ1) is 9.22. The highest BCUT2D eigenvalue weighted by atomic mass is 32.1. The molecule has 0 saturated heterocycles. The van der Waals surface area contributed by atoms with Crippen molar-refractivity contribution < 1.29 is 4.39 Å². The van der Waals surface area contributed by atoms with Gasteiger partial charge in [0.1, 0.15) is 10.6 Å². The van der Waals surface area contributed by atoms with E-state index in [2.05, 4.69) is 15.3 Å². The number of nitrogens with zero attached hydrogens (tertiary/aromatic N) is 2. The summed E-state index contributed by atoms with van der Waals surface area (Å²) in [5, 5.41) is 3.78. The first kappa shape index (κ1) is 11.7. The molecule has 1 aromatic carbocycles. The maximum absolute atomic E-state index is 13.1. The van der Waals surface area contributed by atoms with Gasteiger partial charge in [-0.3, -0.25) is 4.79 Å². The third kappa shape index (κ3) is 2.43. The fourth-order valence-electron chi connectivity index (χ4n) is 1.64. The summed E-state index contributed by atoms with van der Waals surface area (Å²) in [7, 11) is 0. The van der Waals surface area contributed by atoms with Crippen LogP contribution in [-0.4, -0.2) is 9.97 Å². The number of aromatic nitrogens is 2. The number of anilines is 2. The SMILES string of the molecule is O=c1nc(Nc2cccc(F)c2)sc2ncccc12. The third-order valence-electron chi connectivity index (χ3n) is 2.47. The zero-order chi connectivity index (χ0) is 13.2. The average Bonchev–Trinajstić information content (AvgIpc) is 2.39. The normalized spacial score (nSPS) is 10.6. The number of halogens is 1. The van der Waals surface area contributed by atoms with E-state index in [0.29, 0.717) is 21.0 Å². The molecule has 1 N–H and O–H groups in total. The van der Waals surface area contributed by atoms with Crippen LogP contribution in [-0.2, 0) is 0 Å². The van der Waals surface area contributed by atoms with E-state index in [1.807, 2.05) is 0 Å². The van der Waals surface area contributed by atoms with Crippen molar-refractivity contribution in [1.82, 2.24) is 9.97 Å². The molecule has 0 bridgehead atoms. The molecule has 0 aliphatic rings. The molecule has 4 nitrogen and oxygen atoms in total. The first-order valence-electron chi connectivity index (χ1n) is 5.51. The van der Waals surface area contributed by atoms with E-state index in [-0.39, 0.29) is 11.4 Å². The van der Waals surface area contributed by atoms with E-state index >= 15 is 0 Å². The molecule has 0 amide bonds. The highest BCUT2D eigenvalue weighted by Crippen LogP contribution is 2.22. The molecule has 0 saturated carbocycles. The van der Waals surface area contributed by atoms with Crippen LogP contribution in [0.3, 0.4) is 0 Å². The van der Waals surface area contributed by atoms with Crippen molar-refractivity contribution in [3.05, 3.63) is 58.8 Å². The predicted octanol–water partition coefficient (Wildman–Crippen LogP) is 2.93. The Hall–Kier alpha value is -2.34.